The molecule has 3 heterocycles. The largest absolute Gasteiger partial charge is 0.459 e. The lowest BCUT2D eigenvalue weighted by Crippen LogP contribution is -2.37. The molecular weight excluding hydrogens is 388 g/mol. The lowest BCUT2D eigenvalue weighted by molar-refractivity contribution is 0.153. The van der Waals surface area contributed by atoms with E-state index in [1.54, 1.807) is 0 Å². The molecule has 1 saturated carbocycles. The van der Waals surface area contributed by atoms with E-state index in [1.807, 2.05) is 10.7 Å². The number of ether oxygens (including phenoxy) is 1. The fourth-order valence-corrected chi connectivity index (χ4v) is 4.44. The SMILES string of the molecule is CC(C)c1cnn2c(NC(C)c3ccccc3C3CC3)nc(O[C@@H]3CCCNC3)nc12. The first-order valence-corrected chi connectivity index (χ1v) is 11.6. The van der Waals surface area contributed by atoms with E-state index >= 15 is 0 Å². The van der Waals surface area contributed by atoms with Crippen LogP contribution in [0.3, 0.4) is 0 Å². The number of anilines is 1. The van der Waals surface area contributed by atoms with Crippen molar-refractivity contribution < 1.29 is 4.74 Å². The fourth-order valence-electron chi connectivity index (χ4n) is 4.44. The molecule has 7 nitrogen and oxygen atoms in total. The van der Waals surface area contributed by atoms with Gasteiger partial charge in [-0.15, -0.1) is 0 Å². The smallest absolute Gasteiger partial charge is 0.322 e. The number of hydrogen-bond acceptors (Lipinski definition) is 6. The number of piperidine rings is 1. The lowest BCUT2D eigenvalue weighted by Gasteiger charge is -2.23. The van der Waals surface area contributed by atoms with Crippen LogP contribution in [0.5, 0.6) is 6.01 Å². The molecule has 31 heavy (non-hydrogen) atoms. The van der Waals surface area contributed by atoms with Crippen molar-refractivity contribution in [2.75, 3.05) is 18.4 Å². The van der Waals surface area contributed by atoms with Crippen LogP contribution in [0.2, 0.25) is 0 Å². The minimum absolute atomic E-state index is 0.0995. The maximum Gasteiger partial charge on any atom is 0.322 e. The molecule has 164 valence electrons. The molecule has 5 rings (SSSR count). The standard InChI is InChI=1S/C24H32N6O/c1-15(2)21-14-26-30-22(21)28-24(31-18-7-6-12-25-13-18)29-23(30)27-16(3)19-8-4-5-9-20(19)17-10-11-17/h4-5,8-9,14-18,25H,6-7,10-13H2,1-3H3,(H,27,28,29)/t16?,18-/m1/s1. The van der Waals surface area contributed by atoms with E-state index in [1.165, 1.54) is 24.0 Å². The highest BCUT2D eigenvalue weighted by atomic mass is 16.5. The van der Waals surface area contributed by atoms with Gasteiger partial charge in [-0.25, -0.2) is 0 Å². The molecule has 1 unspecified atom stereocenters. The molecule has 2 aromatic heterocycles. The number of nitrogens with zero attached hydrogens (tertiary/aromatic N) is 4. The van der Waals surface area contributed by atoms with Gasteiger partial charge in [0.25, 0.3) is 0 Å². The van der Waals surface area contributed by atoms with Crippen LogP contribution >= 0.6 is 0 Å². The summed E-state index contributed by atoms with van der Waals surface area (Å²) in [5.41, 5.74) is 4.69. The van der Waals surface area contributed by atoms with Crippen molar-refractivity contribution >= 4 is 11.6 Å². The van der Waals surface area contributed by atoms with Crippen LogP contribution in [0.15, 0.2) is 30.5 Å². The quantitative estimate of drug-likeness (QED) is 0.589. The minimum atomic E-state index is 0.0995. The summed E-state index contributed by atoms with van der Waals surface area (Å²) < 4.78 is 8.02. The summed E-state index contributed by atoms with van der Waals surface area (Å²) in [5.74, 6) is 1.69. The molecule has 7 heteroatoms. The summed E-state index contributed by atoms with van der Waals surface area (Å²) >= 11 is 0. The van der Waals surface area contributed by atoms with Gasteiger partial charge in [-0.2, -0.15) is 19.6 Å². The molecular formula is C24H32N6O. The molecule has 1 aromatic carbocycles. The number of rotatable bonds is 7. The minimum Gasteiger partial charge on any atom is -0.459 e. The Morgan fingerprint density at radius 2 is 1.94 bits per heavy atom. The van der Waals surface area contributed by atoms with Crippen LogP contribution in [0.1, 0.15) is 81.0 Å². The summed E-state index contributed by atoms with van der Waals surface area (Å²) in [6.45, 7) is 8.38. The Labute approximate surface area is 183 Å². The van der Waals surface area contributed by atoms with E-state index in [0.717, 1.165) is 37.1 Å². The van der Waals surface area contributed by atoms with Gasteiger partial charge in [0.1, 0.15) is 6.10 Å². The number of fused-ring (bicyclic) bond motifs is 1. The van der Waals surface area contributed by atoms with Crippen LogP contribution < -0.4 is 15.4 Å². The van der Waals surface area contributed by atoms with Crippen LogP contribution in [0.4, 0.5) is 5.95 Å². The van der Waals surface area contributed by atoms with Gasteiger partial charge in [-0.1, -0.05) is 38.1 Å². The highest BCUT2D eigenvalue weighted by Crippen LogP contribution is 2.43. The van der Waals surface area contributed by atoms with Crippen LogP contribution in [0, 0.1) is 0 Å². The van der Waals surface area contributed by atoms with Crippen LogP contribution in [-0.4, -0.2) is 38.8 Å². The van der Waals surface area contributed by atoms with Gasteiger partial charge >= 0.3 is 6.01 Å². The average Bonchev–Trinajstić information content (AvgIpc) is 3.53. The van der Waals surface area contributed by atoms with Gasteiger partial charge in [0, 0.05) is 12.1 Å². The van der Waals surface area contributed by atoms with E-state index in [-0.39, 0.29) is 12.1 Å². The van der Waals surface area contributed by atoms with E-state index in [9.17, 15) is 0 Å². The van der Waals surface area contributed by atoms with Gasteiger partial charge in [0.05, 0.1) is 12.2 Å². The average molecular weight is 421 g/mol. The zero-order chi connectivity index (χ0) is 21.4. The topological polar surface area (TPSA) is 76.4 Å². The third-order valence-electron chi connectivity index (χ3n) is 6.35. The van der Waals surface area contributed by atoms with Gasteiger partial charge in [-0.05, 0) is 62.1 Å². The molecule has 0 radical (unpaired) electrons. The van der Waals surface area contributed by atoms with Gasteiger partial charge in [-0.3, -0.25) is 0 Å². The van der Waals surface area contributed by atoms with Gasteiger partial charge in [0.15, 0.2) is 5.65 Å². The molecule has 1 saturated heterocycles. The third-order valence-corrected chi connectivity index (χ3v) is 6.35. The molecule has 2 N–H and O–H groups in total. The first kappa shape index (κ1) is 20.2. The Balaban J connectivity index is 1.49. The molecule has 1 aliphatic carbocycles. The Kier molecular flexibility index (Phi) is 5.52. The number of benzene rings is 1. The Morgan fingerprint density at radius 1 is 1.10 bits per heavy atom. The molecule has 3 aromatic rings. The second-order valence-corrected chi connectivity index (χ2v) is 9.18. The number of nitrogens with one attached hydrogen (secondary N) is 2. The second kappa shape index (κ2) is 8.46. The normalized spacial score (nSPS) is 20.2. The second-order valence-electron chi connectivity index (χ2n) is 9.18. The predicted molar refractivity (Wildman–Crippen MR) is 122 cm³/mol. The zero-order valence-electron chi connectivity index (χ0n) is 18.6. The first-order valence-electron chi connectivity index (χ1n) is 11.6. The highest BCUT2D eigenvalue weighted by Gasteiger charge is 2.28. The molecule has 1 aliphatic heterocycles. The number of aromatic nitrogens is 4. The summed E-state index contributed by atoms with van der Waals surface area (Å²) in [5, 5.41) is 11.6. The summed E-state index contributed by atoms with van der Waals surface area (Å²) in [7, 11) is 0. The monoisotopic (exact) mass is 420 g/mol. The molecule has 2 aliphatic rings. The summed E-state index contributed by atoms with van der Waals surface area (Å²) in [6.07, 6.45) is 6.69. The third kappa shape index (κ3) is 4.24. The molecule has 2 fully saturated rings. The van der Waals surface area contributed by atoms with Crippen molar-refractivity contribution in [3.63, 3.8) is 0 Å². The van der Waals surface area contributed by atoms with E-state index in [0.29, 0.717) is 23.8 Å². The van der Waals surface area contributed by atoms with Crippen LogP contribution in [0.25, 0.3) is 5.65 Å². The van der Waals surface area contributed by atoms with Crippen LogP contribution in [-0.2, 0) is 0 Å². The molecule has 0 bridgehead atoms. The highest BCUT2D eigenvalue weighted by molar-refractivity contribution is 5.53. The van der Waals surface area contributed by atoms with Crippen molar-refractivity contribution in [2.45, 2.75) is 70.4 Å². The Morgan fingerprint density at radius 3 is 2.68 bits per heavy atom. The fraction of sp³-hybridized carbons (Fsp3) is 0.542. The summed E-state index contributed by atoms with van der Waals surface area (Å²) in [4.78, 5) is 9.50. The van der Waals surface area contributed by atoms with E-state index in [4.69, 9.17) is 14.7 Å². The molecule has 0 spiro atoms. The van der Waals surface area contributed by atoms with Crippen molar-refractivity contribution in [1.82, 2.24) is 24.9 Å². The predicted octanol–water partition coefficient (Wildman–Crippen LogP) is 4.43. The van der Waals surface area contributed by atoms with Crippen molar-refractivity contribution in [1.29, 1.82) is 0 Å². The molecule has 2 atom stereocenters. The Bertz CT molecular complexity index is 1050. The Hall–Kier alpha value is -2.67. The van der Waals surface area contributed by atoms with Gasteiger partial charge in [0.2, 0.25) is 5.95 Å². The van der Waals surface area contributed by atoms with E-state index in [2.05, 4.69) is 60.8 Å². The molecule has 0 amide bonds. The summed E-state index contributed by atoms with van der Waals surface area (Å²) in [6, 6.07) is 9.26. The first-order chi connectivity index (χ1) is 15.1. The maximum atomic E-state index is 6.20. The van der Waals surface area contributed by atoms with Crippen molar-refractivity contribution in [2.24, 2.45) is 0 Å². The zero-order valence-corrected chi connectivity index (χ0v) is 18.6. The van der Waals surface area contributed by atoms with Gasteiger partial charge < -0.3 is 15.4 Å². The lowest BCUT2D eigenvalue weighted by atomic mass is 9.98. The number of hydrogen-bond donors (Lipinski definition) is 2. The van der Waals surface area contributed by atoms with Crippen molar-refractivity contribution in [3.05, 3.63) is 47.2 Å². The van der Waals surface area contributed by atoms with E-state index < -0.39 is 0 Å². The van der Waals surface area contributed by atoms with Crippen molar-refractivity contribution in [3.8, 4) is 6.01 Å². The maximum absolute atomic E-state index is 6.20.